The van der Waals surface area contributed by atoms with Gasteiger partial charge in [-0.1, -0.05) is 0 Å². The monoisotopic (exact) mass is 160 g/mol. The fourth-order valence-corrected chi connectivity index (χ4v) is 0.439. The Morgan fingerprint density at radius 3 is 2.55 bits per heavy atom. The van der Waals surface area contributed by atoms with Crippen molar-refractivity contribution in [1.29, 1.82) is 0 Å². The molecule has 0 aromatic heterocycles. The Balaban J connectivity index is 4.33. The highest BCUT2D eigenvalue weighted by Crippen LogP contribution is 2.08. The Kier molecular flexibility index (Phi) is 2.55. The van der Waals surface area contributed by atoms with Gasteiger partial charge in [0.05, 0.1) is 6.37 Å². The number of ether oxygens (including phenoxy) is 1. The van der Waals surface area contributed by atoms with E-state index in [-0.39, 0.29) is 0 Å². The van der Waals surface area contributed by atoms with Crippen LogP contribution in [0.3, 0.4) is 0 Å². The summed E-state index contributed by atoms with van der Waals surface area (Å²) < 4.78 is 19.1. The van der Waals surface area contributed by atoms with Crippen molar-refractivity contribution in [3.05, 3.63) is 0 Å². The maximum atomic E-state index is 11.1. The van der Waals surface area contributed by atoms with Crippen molar-refractivity contribution in [3.8, 4) is 0 Å². The summed E-state index contributed by atoms with van der Waals surface area (Å²) in [6, 6.07) is 0. The Bertz CT molecular complexity index is 206. The summed E-state index contributed by atoms with van der Waals surface area (Å²) >= 11 is 0. The molecule has 0 aromatic rings. The third-order valence-electron chi connectivity index (χ3n) is 0.729. The minimum atomic E-state index is -2.21. The second kappa shape index (κ2) is 4.11. The average Bonchev–Trinajstić information content (AvgIpc) is 1.82. The molecule has 0 amide bonds. The molecule has 3 nitrogen and oxygen atoms in total. The maximum Gasteiger partial charge on any atom is 0.306 e. The molecule has 64 valence electrons. The highest BCUT2D eigenvalue weighted by atomic mass is 16.6. The molecule has 0 spiro atoms. The molecule has 0 rings (SSSR count). The van der Waals surface area contributed by atoms with Crippen molar-refractivity contribution in [2.24, 2.45) is 0 Å². The van der Waals surface area contributed by atoms with Gasteiger partial charge in [0, 0.05) is 9.16 Å². The van der Waals surface area contributed by atoms with Crippen LogP contribution in [0.5, 0.6) is 0 Å². The van der Waals surface area contributed by atoms with Crippen LogP contribution in [0.1, 0.15) is 36.3 Å². The predicted octanol–water partition coefficient (Wildman–Crippen LogP) is 1.31. The van der Waals surface area contributed by atoms with Crippen molar-refractivity contribution in [3.63, 3.8) is 0 Å². The van der Waals surface area contributed by atoms with Gasteiger partial charge in [0.2, 0.25) is 0 Å². The Morgan fingerprint density at radius 2 is 2.18 bits per heavy atom. The van der Waals surface area contributed by atoms with Crippen LogP contribution < -0.4 is 0 Å². The van der Waals surface area contributed by atoms with E-state index in [1.54, 1.807) is 20.8 Å². The minimum Gasteiger partial charge on any atom is -0.460 e. The quantitative estimate of drug-likeness (QED) is 0.461. The molecule has 0 aliphatic carbocycles. The van der Waals surface area contributed by atoms with Crippen LogP contribution in [0.4, 0.5) is 0 Å². The number of hydrogen-bond donors (Lipinski definition) is 0. The van der Waals surface area contributed by atoms with Gasteiger partial charge in [-0.25, -0.2) is 0 Å². The summed E-state index contributed by atoms with van der Waals surface area (Å²) in [5.41, 5.74) is -0.729. The minimum absolute atomic E-state index is 0.365. The first-order valence-electron chi connectivity index (χ1n) is 4.36. The summed E-state index contributed by atoms with van der Waals surface area (Å²) in [6.45, 7) is 4.92. The summed E-state index contributed by atoms with van der Waals surface area (Å²) in [5.74, 6) is -0.993. The Labute approximate surface area is 69.5 Å². The topological polar surface area (TPSA) is 43.4 Å². The van der Waals surface area contributed by atoms with Gasteiger partial charge >= 0.3 is 5.97 Å². The molecule has 11 heavy (non-hydrogen) atoms. The lowest BCUT2D eigenvalue weighted by Crippen LogP contribution is -2.23. The highest BCUT2D eigenvalue weighted by Gasteiger charge is 2.15. The molecule has 0 aromatic carbocycles. The zero-order valence-electron chi connectivity index (χ0n) is 9.01. The maximum absolute atomic E-state index is 11.1. The van der Waals surface area contributed by atoms with Crippen LogP contribution in [0.15, 0.2) is 0 Å². The van der Waals surface area contributed by atoms with Gasteiger partial charge in [0.15, 0.2) is 0 Å². The number of esters is 1. The van der Waals surface area contributed by atoms with E-state index in [1.165, 1.54) is 0 Å². The summed E-state index contributed by atoms with van der Waals surface area (Å²) in [4.78, 5) is 21.2. The van der Waals surface area contributed by atoms with Gasteiger partial charge in [-0.15, -0.1) is 0 Å². The Morgan fingerprint density at radius 1 is 1.64 bits per heavy atom. The smallest absolute Gasteiger partial charge is 0.306 e. The molecule has 0 saturated carbocycles. The first-order valence-corrected chi connectivity index (χ1v) is 3.36. The highest BCUT2D eigenvalue weighted by molar-refractivity contribution is 5.72. The largest absolute Gasteiger partial charge is 0.460 e. The van der Waals surface area contributed by atoms with Crippen molar-refractivity contribution in [2.45, 2.75) is 39.2 Å². The van der Waals surface area contributed by atoms with Gasteiger partial charge in [-0.2, -0.15) is 0 Å². The lowest BCUT2D eigenvalue weighted by atomic mass is 10.2. The zero-order valence-corrected chi connectivity index (χ0v) is 7.01. The van der Waals surface area contributed by atoms with E-state index in [2.05, 4.69) is 0 Å². The molecule has 0 unspecified atom stereocenters. The second-order valence-corrected chi connectivity index (χ2v) is 3.05. The molecule has 3 heteroatoms. The van der Waals surface area contributed by atoms with Crippen LogP contribution in [0.2, 0.25) is 0 Å². The number of carbonyl (C=O) groups is 2. The molecule has 0 saturated heterocycles. The first kappa shape index (κ1) is 6.83. The lowest BCUT2D eigenvalue weighted by molar-refractivity contribution is -0.155. The standard InChI is InChI=1S/C8H14O3/c1-8(2,3)11-7(10)5-4-6-9/h6H,4-5H2,1-3H3/i5D2. The molecule has 0 atom stereocenters. The van der Waals surface area contributed by atoms with Crippen LogP contribution in [0, 0.1) is 0 Å². The number of aldehydes is 1. The van der Waals surface area contributed by atoms with E-state index in [1.807, 2.05) is 0 Å². The van der Waals surface area contributed by atoms with Gasteiger partial charge < -0.3 is 9.53 Å². The zero-order chi connectivity index (χ0) is 10.7. The van der Waals surface area contributed by atoms with Crippen LogP contribution in [-0.4, -0.2) is 17.9 Å². The molecule has 0 aliphatic rings. The first-order chi connectivity index (χ1) is 5.69. The Hall–Kier alpha value is -0.860. The fraction of sp³-hybridized carbons (Fsp3) is 0.750. The van der Waals surface area contributed by atoms with E-state index >= 15 is 0 Å². The van der Waals surface area contributed by atoms with Crippen molar-refractivity contribution >= 4 is 12.3 Å². The molecule has 0 fully saturated rings. The van der Waals surface area contributed by atoms with E-state index < -0.39 is 24.4 Å². The van der Waals surface area contributed by atoms with Crippen LogP contribution in [0.25, 0.3) is 0 Å². The molecule has 0 heterocycles. The molecular formula is C8H14O3. The van der Waals surface area contributed by atoms with E-state index in [9.17, 15) is 9.59 Å². The summed E-state index contributed by atoms with van der Waals surface area (Å²) in [7, 11) is 0. The van der Waals surface area contributed by atoms with E-state index in [4.69, 9.17) is 7.48 Å². The number of rotatable bonds is 3. The third kappa shape index (κ3) is 7.03. The predicted molar refractivity (Wildman–Crippen MR) is 41.1 cm³/mol. The van der Waals surface area contributed by atoms with Gasteiger partial charge in [0.25, 0.3) is 0 Å². The third-order valence-corrected chi connectivity index (χ3v) is 0.729. The van der Waals surface area contributed by atoms with E-state index in [0.29, 0.717) is 6.29 Å². The molecule has 0 radical (unpaired) electrons. The van der Waals surface area contributed by atoms with Gasteiger partial charge in [-0.3, -0.25) is 4.79 Å². The molecule has 0 bridgehead atoms. The molecular weight excluding hydrogens is 144 g/mol. The second-order valence-electron chi connectivity index (χ2n) is 3.05. The summed E-state index contributed by atoms with van der Waals surface area (Å²) in [5, 5.41) is 0. The van der Waals surface area contributed by atoms with Gasteiger partial charge in [-0.05, 0) is 20.8 Å². The van der Waals surface area contributed by atoms with Crippen molar-refractivity contribution in [2.75, 3.05) is 0 Å². The SMILES string of the molecule is [2H]C([2H])(CC=O)C(=O)OC(C)(C)C. The van der Waals surface area contributed by atoms with Crippen LogP contribution >= 0.6 is 0 Å². The average molecular weight is 160 g/mol. The molecule has 0 N–H and O–H groups in total. The van der Waals surface area contributed by atoms with E-state index in [0.717, 1.165) is 0 Å². The van der Waals surface area contributed by atoms with Crippen LogP contribution in [-0.2, 0) is 14.3 Å². The number of carbonyl (C=O) groups excluding carboxylic acids is 2. The lowest BCUT2D eigenvalue weighted by Gasteiger charge is -2.18. The van der Waals surface area contributed by atoms with Gasteiger partial charge in [0.1, 0.15) is 11.9 Å². The van der Waals surface area contributed by atoms with Crippen molar-refractivity contribution in [1.82, 2.24) is 0 Å². The number of hydrogen-bond acceptors (Lipinski definition) is 3. The van der Waals surface area contributed by atoms with Crippen molar-refractivity contribution < 1.29 is 17.1 Å². The fourth-order valence-electron chi connectivity index (χ4n) is 0.439. The molecule has 0 aliphatic heterocycles. The summed E-state index contributed by atoms with van der Waals surface area (Å²) in [6.07, 6.45) is -2.32. The normalized spacial score (nSPS) is 14.8.